The molecule has 9 heteroatoms. The van der Waals surface area contributed by atoms with Gasteiger partial charge >= 0.3 is 0 Å². The summed E-state index contributed by atoms with van der Waals surface area (Å²) < 4.78 is 35.5. The molecule has 0 aliphatic carbocycles. The second kappa shape index (κ2) is 16.1. The molecule has 2 amide bonds. The van der Waals surface area contributed by atoms with Crippen molar-refractivity contribution in [2.45, 2.75) is 58.0 Å². The molecule has 0 saturated heterocycles. The monoisotopic (exact) mass is 641 g/mol. The van der Waals surface area contributed by atoms with Gasteiger partial charge in [0.25, 0.3) is 10.0 Å². The number of carbonyl (C=O) groups excluding carboxylic acids is 2. The topological polar surface area (TPSA) is 96.0 Å². The molecule has 8 nitrogen and oxygen atoms in total. The van der Waals surface area contributed by atoms with Crippen LogP contribution in [-0.4, -0.2) is 50.9 Å². The van der Waals surface area contributed by atoms with E-state index < -0.39 is 28.5 Å². The maximum absolute atomic E-state index is 14.6. The van der Waals surface area contributed by atoms with E-state index in [1.165, 1.54) is 17.0 Å². The number of aryl methyl sites for hydroxylation is 2. The summed E-state index contributed by atoms with van der Waals surface area (Å²) in [6, 6.07) is 29.7. The number of amides is 2. The molecular formula is C37H43N3O5S. The Bertz CT molecular complexity index is 1690. The minimum Gasteiger partial charge on any atom is -0.492 e. The van der Waals surface area contributed by atoms with E-state index in [2.05, 4.69) is 5.32 Å². The highest BCUT2D eigenvalue weighted by Crippen LogP contribution is 2.33. The first-order chi connectivity index (χ1) is 22.1. The molecule has 0 aromatic heterocycles. The zero-order valence-electron chi connectivity index (χ0n) is 27.0. The summed E-state index contributed by atoms with van der Waals surface area (Å²) in [5.74, 6) is -0.482. The maximum Gasteiger partial charge on any atom is 0.264 e. The quantitative estimate of drug-likeness (QED) is 0.170. The van der Waals surface area contributed by atoms with E-state index in [9.17, 15) is 18.0 Å². The van der Waals surface area contributed by atoms with Crippen LogP contribution in [0.15, 0.2) is 108 Å². The number of carbonyl (C=O) groups is 2. The fraction of sp³-hybridized carbons (Fsp3) is 0.297. The summed E-state index contributed by atoms with van der Waals surface area (Å²) >= 11 is 0. The summed E-state index contributed by atoms with van der Waals surface area (Å²) in [5.41, 5.74) is 3.91. The molecule has 242 valence electrons. The van der Waals surface area contributed by atoms with Crippen LogP contribution < -0.4 is 14.4 Å². The third kappa shape index (κ3) is 8.75. The van der Waals surface area contributed by atoms with Crippen LogP contribution in [0.4, 0.5) is 5.69 Å². The molecule has 0 unspecified atom stereocenters. The van der Waals surface area contributed by atoms with Gasteiger partial charge in [-0.3, -0.25) is 13.9 Å². The highest BCUT2D eigenvalue weighted by atomic mass is 32.2. The van der Waals surface area contributed by atoms with E-state index in [1.807, 2.05) is 82.3 Å². The van der Waals surface area contributed by atoms with Crippen molar-refractivity contribution in [2.75, 3.05) is 24.0 Å². The number of para-hydroxylation sites is 2. The Morgan fingerprint density at radius 2 is 1.39 bits per heavy atom. The molecule has 0 heterocycles. The summed E-state index contributed by atoms with van der Waals surface area (Å²) in [6.45, 7) is 7.96. The van der Waals surface area contributed by atoms with Crippen LogP contribution in [0.1, 0.15) is 42.5 Å². The van der Waals surface area contributed by atoms with Crippen molar-refractivity contribution in [2.24, 2.45) is 0 Å². The number of anilines is 1. The SMILES string of the molecule is CCCNC(=O)[C@H](Cc1ccccc1)N(Cc1ccc(C)cc1)C(=O)CN(c1ccccc1OCC)S(=O)(=O)c1ccc(C)cc1. The van der Waals surface area contributed by atoms with Crippen LogP contribution in [0, 0.1) is 13.8 Å². The largest absolute Gasteiger partial charge is 0.492 e. The number of rotatable bonds is 15. The second-order valence-corrected chi connectivity index (χ2v) is 13.1. The molecular weight excluding hydrogens is 598 g/mol. The van der Waals surface area contributed by atoms with Gasteiger partial charge in [-0.15, -0.1) is 0 Å². The molecule has 4 rings (SSSR count). The molecule has 0 spiro atoms. The van der Waals surface area contributed by atoms with Gasteiger partial charge in [0.05, 0.1) is 17.2 Å². The van der Waals surface area contributed by atoms with E-state index in [0.29, 0.717) is 18.9 Å². The number of ether oxygens (including phenoxy) is 1. The van der Waals surface area contributed by atoms with Crippen molar-refractivity contribution >= 4 is 27.5 Å². The molecule has 0 aliphatic heterocycles. The van der Waals surface area contributed by atoms with Gasteiger partial charge in [0.2, 0.25) is 11.8 Å². The van der Waals surface area contributed by atoms with E-state index >= 15 is 0 Å². The first kappa shape index (κ1) is 34.2. The van der Waals surface area contributed by atoms with Gasteiger partial charge in [-0.2, -0.15) is 0 Å². The Morgan fingerprint density at radius 1 is 0.783 bits per heavy atom. The normalized spacial score (nSPS) is 11.8. The van der Waals surface area contributed by atoms with Gasteiger partial charge < -0.3 is 15.0 Å². The molecule has 1 atom stereocenters. The maximum atomic E-state index is 14.6. The van der Waals surface area contributed by atoms with Gasteiger partial charge in [-0.05, 0) is 62.6 Å². The van der Waals surface area contributed by atoms with Crippen LogP contribution in [0.2, 0.25) is 0 Å². The molecule has 4 aromatic carbocycles. The van der Waals surface area contributed by atoms with Gasteiger partial charge in [0.1, 0.15) is 18.3 Å². The first-order valence-corrected chi connectivity index (χ1v) is 17.1. The summed E-state index contributed by atoms with van der Waals surface area (Å²) in [5, 5.41) is 2.97. The third-order valence-corrected chi connectivity index (χ3v) is 9.39. The predicted molar refractivity (Wildman–Crippen MR) is 182 cm³/mol. The number of benzene rings is 4. The van der Waals surface area contributed by atoms with Crippen molar-refractivity contribution in [3.05, 3.63) is 125 Å². The highest BCUT2D eigenvalue weighted by molar-refractivity contribution is 7.92. The lowest BCUT2D eigenvalue weighted by Crippen LogP contribution is -2.53. The van der Waals surface area contributed by atoms with Crippen LogP contribution in [-0.2, 0) is 32.6 Å². The molecule has 1 N–H and O–H groups in total. The van der Waals surface area contributed by atoms with Crippen molar-refractivity contribution < 1.29 is 22.7 Å². The van der Waals surface area contributed by atoms with Crippen molar-refractivity contribution in [1.82, 2.24) is 10.2 Å². The lowest BCUT2D eigenvalue weighted by Gasteiger charge is -2.34. The zero-order chi connectivity index (χ0) is 33.1. The Kier molecular flexibility index (Phi) is 12.0. The van der Waals surface area contributed by atoms with E-state index in [1.54, 1.807) is 36.4 Å². The lowest BCUT2D eigenvalue weighted by atomic mass is 10.0. The molecule has 0 saturated carbocycles. The van der Waals surface area contributed by atoms with Gasteiger partial charge in [0.15, 0.2) is 0 Å². The molecule has 0 bridgehead atoms. The summed E-state index contributed by atoms with van der Waals surface area (Å²) in [4.78, 5) is 29.9. The Hall–Kier alpha value is -4.63. The first-order valence-electron chi connectivity index (χ1n) is 15.6. The van der Waals surface area contributed by atoms with Crippen LogP contribution in [0.5, 0.6) is 5.75 Å². The number of nitrogens with zero attached hydrogens (tertiary/aromatic N) is 2. The smallest absolute Gasteiger partial charge is 0.264 e. The van der Waals surface area contributed by atoms with E-state index in [-0.39, 0.29) is 29.5 Å². The Balaban J connectivity index is 1.82. The number of hydrogen-bond acceptors (Lipinski definition) is 5. The van der Waals surface area contributed by atoms with Crippen LogP contribution >= 0.6 is 0 Å². The molecule has 0 aliphatic rings. The van der Waals surface area contributed by atoms with E-state index in [4.69, 9.17) is 4.74 Å². The van der Waals surface area contributed by atoms with Crippen molar-refractivity contribution in [3.63, 3.8) is 0 Å². The fourth-order valence-electron chi connectivity index (χ4n) is 5.10. The lowest BCUT2D eigenvalue weighted by molar-refractivity contribution is -0.140. The number of hydrogen-bond donors (Lipinski definition) is 1. The third-order valence-electron chi connectivity index (χ3n) is 7.62. The minimum atomic E-state index is -4.23. The van der Waals surface area contributed by atoms with Crippen molar-refractivity contribution in [1.29, 1.82) is 0 Å². The molecule has 46 heavy (non-hydrogen) atoms. The zero-order valence-corrected chi connectivity index (χ0v) is 27.8. The average molecular weight is 642 g/mol. The van der Waals surface area contributed by atoms with Crippen LogP contribution in [0.3, 0.4) is 0 Å². The van der Waals surface area contributed by atoms with E-state index in [0.717, 1.165) is 33.0 Å². The summed E-state index contributed by atoms with van der Waals surface area (Å²) in [6.07, 6.45) is 0.987. The van der Waals surface area contributed by atoms with Gasteiger partial charge in [-0.25, -0.2) is 8.42 Å². The average Bonchev–Trinajstić information content (AvgIpc) is 3.06. The second-order valence-electron chi connectivity index (χ2n) is 11.2. The van der Waals surface area contributed by atoms with Crippen molar-refractivity contribution in [3.8, 4) is 5.75 Å². The predicted octanol–water partition coefficient (Wildman–Crippen LogP) is 6.06. The fourth-order valence-corrected chi connectivity index (χ4v) is 6.53. The highest BCUT2D eigenvalue weighted by Gasteiger charge is 2.35. The Morgan fingerprint density at radius 3 is 2.02 bits per heavy atom. The molecule has 0 radical (unpaired) electrons. The van der Waals surface area contributed by atoms with Crippen LogP contribution in [0.25, 0.3) is 0 Å². The van der Waals surface area contributed by atoms with Gasteiger partial charge in [-0.1, -0.05) is 96.9 Å². The Labute approximate surface area is 273 Å². The standard InChI is InChI=1S/C37H43N3O5S/c1-5-24-38-37(42)34(25-30-12-8-7-9-13-30)39(26-31-20-16-28(3)17-21-31)36(41)27-40(33-14-10-11-15-35(33)45-6-2)46(43,44)32-22-18-29(4)19-23-32/h7-23,34H,5-6,24-27H2,1-4H3,(H,38,42)/t34-/m0/s1. The number of nitrogens with one attached hydrogen (secondary N) is 1. The minimum absolute atomic E-state index is 0.0452. The molecule has 0 fully saturated rings. The number of sulfonamides is 1. The van der Waals surface area contributed by atoms with Gasteiger partial charge in [0, 0.05) is 19.5 Å². The molecule has 4 aromatic rings. The summed E-state index contributed by atoms with van der Waals surface area (Å²) in [7, 11) is -4.23.